The maximum Gasteiger partial charge on any atom is 0.422 e. The molecule has 0 spiro atoms. The van der Waals surface area contributed by atoms with E-state index in [2.05, 4.69) is 21.7 Å². The zero-order valence-electron chi connectivity index (χ0n) is 11.5. The molecule has 1 amide bonds. The Morgan fingerprint density at radius 1 is 1.44 bits per heavy atom. The van der Waals surface area contributed by atoms with E-state index in [1.807, 2.05) is 20.8 Å². The predicted molar refractivity (Wildman–Crippen MR) is 70.8 cm³/mol. The molecule has 0 bridgehead atoms. The van der Waals surface area contributed by atoms with Crippen molar-refractivity contribution in [2.24, 2.45) is 0 Å². The number of rotatable bonds is 3. The number of hydrazine groups is 1. The fraction of sp³-hybridized carbons (Fsp3) is 0.769. The zero-order chi connectivity index (χ0) is 13.6. The van der Waals surface area contributed by atoms with E-state index in [1.54, 1.807) is 0 Å². The van der Waals surface area contributed by atoms with Gasteiger partial charge in [-0.2, -0.15) is 0 Å². The highest BCUT2D eigenvalue weighted by Crippen LogP contribution is 2.09. The summed E-state index contributed by atoms with van der Waals surface area (Å²) in [5.41, 5.74) is 5.12. The van der Waals surface area contributed by atoms with E-state index in [0.717, 1.165) is 25.9 Å². The van der Waals surface area contributed by atoms with Gasteiger partial charge in [0.25, 0.3) is 0 Å². The summed E-state index contributed by atoms with van der Waals surface area (Å²) in [4.78, 5) is 13.7. The molecule has 1 aliphatic rings. The molecule has 0 unspecified atom stereocenters. The molecule has 1 heterocycles. The van der Waals surface area contributed by atoms with Crippen LogP contribution in [0.2, 0.25) is 0 Å². The van der Waals surface area contributed by atoms with Crippen LogP contribution in [0.3, 0.4) is 0 Å². The number of hydrogen-bond donors (Lipinski definition) is 2. The van der Waals surface area contributed by atoms with Gasteiger partial charge in [0.15, 0.2) is 0 Å². The van der Waals surface area contributed by atoms with Crippen molar-refractivity contribution in [3.05, 3.63) is 0 Å². The minimum Gasteiger partial charge on any atom is -0.443 e. The Kier molecular flexibility index (Phi) is 5.45. The van der Waals surface area contributed by atoms with E-state index in [1.165, 1.54) is 0 Å². The van der Waals surface area contributed by atoms with E-state index >= 15 is 0 Å². The molecular weight excluding hydrogens is 230 g/mol. The minimum absolute atomic E-state index is 0.284. The molecule has 18 heavy (non-hydrogen) atoms. The number of ether oxygens (including phenoxy) is 1. The molecule has 5 nitrogen and oxygen atoms in total. The molecule has 0 aromatic carbocycles. The van der Waals surface area contributed by atoms with Crippen molar-refractivity contribution >= 4 is 6.09 Å². The lowest BCUT2D eigenvalue weighted by atomic mass is 10.1. The summed E-state index contributed by atoms with van der Waals surface area (Å²) < 4.78 is 5.14. The molecule has 1 aliphatic heterocycles. The van der Waals surface area contributed by atoms with Crippen LogP contribution in [0.1, 0.15) is 33.6 Å². The Morgan fingerprint density at radius 3 is 2.56 bits per heavy atom. The van der Waals surface area contributed by atoms with Crippen LogP contribution in [-0.4, -0.2) is 42.3 Å². The quantitative estimate of drug-likeness (QED) is 0.584. The summed E-state index contributed by atoms with van der Waals surface area (Å²) in [6.45, 7) is 8.13. The molecule has 0 saturated carbocycles. The zero-order valence-corrected chi connectivity index (χ0v) is 11.5. The van der Waals surface area contributed by atoms with Crippen molar-refractivity contribution in [3.8, 4) is 12.3 Å². The normalized spacial score (nSPS) is 18.1. The third kappa shape index (κ3) is 5.89. The fourth-order valence-corrected chi connectivity index (χ4v) is 1.83. The van der Waals surface area contributed by atoms with Crippen LogP contribution in [0, 0.1) is 12.3 Å². The van der Waals surface area contributed by atoms with Gasteiger partial charge >= 0.3 is 6.09 Å². The lowest BCUT2D eigenvalue weighted by molar-refractivity contribution is 0.0477. The maximum absolute atomic E-state index is 11.4. The van der Waals surface area contributed by atoms with Crippen molar-refractivity contribution in [2.75, 3.05) is 19.6 Å². The van der Waals surface area contributed by atoms with Gasteiger partial charge in [-0.05, 0) is 33.6 Å². The number of piperidine rings is 1. The number of nitrogens with zero attached hydrogens (tertiary/aromatic N) is 1. The van der Waals surface area contributed by atoms with Gasteiger partial charge in [-0.3, -0.25) is 10.3 Å². The van der Waals surface area contributed by atoms with Crippen LogP contribution in [0.5, 0.6) is 0 Å². The first kappa shape index (κ1) is 14.8. The first-order chi connectivity index (χ1) is 8.40. The Balaban J connectivity index is 2.18. The van der Waals surface area contributed by atoms with Crippen molar-refractivity contribution in [1.82, 2.24) is 15.8 Å². The Bertz CT molecular complexity index is 309. The minimum atomic E-state index is -0.470. The highest BCUT2D eigenvalue weighted by molar-refractivity contribution is 5.67. The first-order valence-electron chi connectivity index (χ1n) is 6.31. The summed E-state index contributed by atoms with van der Waals surface area (Å²) in [7, 11) is 0. The summed E-state index contributed by atoms with van der Waals surface area (Å²) in [6, 6.07) is 0.284. The van der Waals surface area contributed by atoms with Crippen LogP contribution in [0.15, 0.2) is 0 Å². The molecule has 0 atom stereocenters. The summed E-state index contributed by atoms with van der Waals surface area (Å²) in [5.74, 6) is 2.64. The van der Waals surface area contributed by atoms with E-state index in [0.29, 0.717) is 6.54 Å². The molecule has 1 rings (SSSR count). The van der Waals surface area contributed by atoms with Crippen molar-refractivity contribution in [3.63, 3.8) is 0 Å². The fourth-order valence-electron chi connectivity index (χ4n) is 1.83. The standard InChI is InChI=1S/C13H23N3O2/c1-5-8-16-9-6-11(7-10-16)14-15-12(17)18-13(2,3)4/h1,11,14H,6-10H2,2-4H3,(H,15,17). The van der Waals surface area contributed by atoms with Crippen LogP contribution in [0.25, 0.3) is 0 Å². The molecule has 0 aliphatic carbocycles. The van der Waals surface area contributed by atoms with Crippen LogP contribution < -0.4 is 10.9 Å². The molecule has 1 fully saturated rings. The Labute approximate surface area is 109 Å². The van der Waals surface area contributed by atoms with Gasteiger partial charge in [0.2, 0.25) is 0 Å². The van der Waals surface area contributed by atoms with Crippen molar-refractivity contribution < 1.29 is 9.53 Å². The number of carbonyl (C=O) groups excluding carboxylic acids is 1. The number of nitrogens with one attached hydrogen (secondary N) is 2. The first-order valence-corrected chi connectivity index (χ1v) is 6.31. The second-order valence-corrected chi connectivity index (χ2v) is 5.53. The van der Waals surface area contributed by atoms with E-state index in [9.17, 15) is 4.79 Å². The molecule has 5 heteroatoms. The average molecular weight is 253 g/mol. The van der Waals surface area contributed by atoms with E-state index < -0.39 is 11.7 Å². The number of carbonyl (C=O) groups is 1. The summed E-state index contributed by atoms with van der Waals surface area (Å²) in [5, 5.41) is 0. The number of hydrogen-bond acceptors (Lipinski definition) is 4. The molecular formula is C13H23N3O2. The molecule has 1 saturated heterocycles. The van der Waals surface area contributed by atoms with Crippen LogP contribution in [-0.2, 0) is 4.74 Å². The highest BCUT2D eigenvalue weighted by Gasteiger charge is 2.20. The molecule has 0 radical (unpaired) electrons. The third-order valence-corrected chi connectivity index (χ3v) is 2.68. The monoisotopic (exact) mass is 253 g/mol. The smallest absolute Gasteiger partial charge is 0.422 e. The topological polar surface area (TPSA) is 53.6 Å². The number of terminal acetylenes is 1. The number of amides is 1. The van der Waals surface area contributed by atoms with Gasteiger partial charge < -0.3 is 4.74 Å². The maximum atomic E-state index is 11.4. The van der Waals surface area contributed by atoms with Gasteiger partial charge in [-0.15, -0.1) is 6.42 Å². The third-order valence-electron chi connectivity index (χ3n) is 2.68. The summed E-state index contributed by atoms with van der Waals surface area (Å²) in [6.07, 6.45) is 6.77. The van der Waals surface area contributed by atoms with Crippen LogP contribution >= 0.6 is 0 Å². The van der Waals surface area contributed by atoms with E-state index in [4.69, 9.17) is 11.2 Å². The summed E-state index contributed by atoms with van der Waals surface area (Å²) >= 11 is 0. The van der Waals surface area contributed by atoms with Crippen molar-refractivity contribution in [1.29, 1.82) is 0 Å². The SMILES string of the molecule is C#CCN1CCC(NNC(=O)OC(C)(C)C)CC1. The molecule has 0 aromatic heterocycles. The average Bonchev–Trinajstić information content (AvgIpc) is 2.26. The van der Waals surface area contributed by atoms with Gasteiger partial charge in [0.05, 0.1) is 6.54 Å². The highest BCUT2D eigenvalue weighted by atomic mass is 16.6. The number of likely N-dealkylation sites (tertiary alicyclic amines) is 1. The lowest BCUT2D eigenvalue weighted by Crippen LogP contribution is -2.50. The second-order valence-electron chi connectivity index (χ2n) is 5.53. The van der Waals surface area contributed by atoms with Crippen molar-refractivity contribution in [2.45, 2.75) is 45.3 Å². The van der Waals surface area contributed by atoms with Gasteiger partial charge in [0, 0.05) is 19.1 Å². The Hall–Kier alpha value is -1.25. The molecule has 102 valence electrons. The second kappa shape index (κ2) is 6.62. The van der Waals surface area contributed by atoms with Gasteiger partial charge in [-0.25, -0.2) is 10.2 Å². The predicted octanol–water partition coefficient (Wildman–Crippen LogP) is 1.11. The van der Waals surface area contributed by atoms with Gasteiger partial charge in [-0.1, -0.05) is 5.92 Å². The largest absolute Gasteiger partial charge is 0.443 e. The van der Waals surface area contributed by atoms with Gasteiger partial charge in [0.1, 0.15) is 5.60 Å². The lowest BCUT2D eigenvalue weighted by Gasteiger charge is -2.31. The van der Waals surface area contributed by atoms with Crippen LogP contribution in [0.4, 0.5) is 4.79 Å². The Morgan fingerprint density at radius 2 is 2.06 bits per heavy atom. The molecule has 2 N–H and O–H groups in total. The van der Waals surface area contributed by atoms with E-state index in [-0.39, 0.29) is 6.04 Å². The molecule has 0 aromatic rings.